The van der Waals surface area contributed by atoms with Crippen LogP contribution in [0.5, 0.6) is 17.2 Å². The highest BCUT2D eigenvalue weighted by Crippen LogP contribution is 2.36. The number of ether oxygens (including phenoxy) is 1. The number of carbonyl (C=O) groups is 1. The summed E-state index contributed by atoms with van der Waals surface area (Å²) in [6.07, 6.45) is 0.264. The molecule has 0 saturated carbocycles. The lowest BCUT2D eigenvalue weighted by atomic mass is 10.1. The summed E-state index contributed by atoms with van der Waals surface area (Å²) in [4.78, 5) is 10.8. The number of hydrogen-bond acceptors (Lipinski definition) is 4. The Kier molecular flexibility index (Phi) is 6.74. The maximum absolute atomic E-state index is 10.8. The van der Waals surface area contributed by atoms with E-state index in [1.807, 2.05) is 6.07 Å². The Balaban J connectivity index is 2.22. The fraction of sp³-hybridized carbons (Fsp3) is 0.133. The minimum atomic E-state index is -1.02. The van der Waals surface area contributed by atoms with Gasteiger partial charge in [-0.15, -0.1) is 0 Å². The topological polar surface area (TPSA) is 92.8 Å². The molecule has 0 fully saturated rings. The molecule has 4 N–H and O–H groups in total. The zero-order valence-corrected chi connectivity index (χ0v) is 18.1. The Hall–Kier alpha value is -0.340. The molecule has 0 bridgehead atoms. The van der Waals surface area contributed by atoms with E-state index in [4.69, 9.17) is 15.6 Å². The number of carboxylic acid groups (broad SMARTS) is 1. The molecule has 0 aliphatic heterocycles. The number of benzene rings is 2. The molecule has 2 aromatic carbocycles. The average molecular weight is 651 g/mol. The van der Waals surface area contributed by atoms with Crippen molar-refractivity contribution in [2.75, 3.05) is 0 Å². The third-order valence-corrected chi connectivity index (χ3v) is 7.05. The number of nitrogens with two attached hydrogens (primary N) is 1. The standard InChI is InChI=1S/C15H12I3NO4/c16-8-5-7(6-9(19)15(21)22)1-3-11(8)23-12-4-2-10(20)13(17)14(12)18/h1-5,9,20H,6,19H2,(H,21,22)/t9-/m1/s1. The molecule has 0 heterocycles. The van der Waals surface area contributed by atoms with Crippen LogP contribution in [-0.2, 0) is 11.2 Å². The summed E-state index contributed by atoms with van der Waals surface area (Å²) in [5.74, 6) is 0.516. The molecule has 8 heteroatoms. The summed E-state index contributed by atoms with van der Waals surface area (Å²) in [7, 11) is 0. The molecule has 0 saturated heterocycles. The molecule has 0 unspecified atom stereocenters. The zero-order chi connectivity index (χ0) is 17.1. The Morgan fingerprint density at radius 1 is 1.13 bits per heavy atom. The third kappa shape index (κ3) is 4.82. The first-order valence-electron chi connectivity index (χ1n) is 6.41. The van der Waals surface area contributed by atoms with Crippen LogP contribution in [0, 0.1) is 10.7 Å². The molecule has 0 radical (unpaired) electrons. The lowest BCUT2D eigenvalue weighted by Crippen LogP contribution is -2.32. The van der Waals surface area contributed by atoms with Crippen LogP contribution in [0.4, 0.5) is 0 Å². The van der Waals surface area contributed by atoms with Gasteiger partial charge in [0.15, 0.2) is 0 Å². The normalized spacial score (nSPS) is 12.0. The minimum Gasteiger partial charge on any atom is -0.507 e. The number of halogens is 3. The highest BCUT2D eigenvalue weighted by atomic mass is 127. The summed E-state index contributed by atoms with van der Waals surface area (Å²) < 4.78 is 8.33. The molecule has 0 aliphatic rings. The van der Waals surface area contributed by atoms with E-state index in [0.717, 1.165) is 16.3 Å². The molecular weight excluding hydrogens is 639 g/mol. The third-order valence-electron chi connectivity index (χ3n) is 3.02. The van der Waals surface area contributed by atoms with Crippen molar-refractivity contribution in [2.45, 2.75) is 12.5 Å². The van der Waals surface area contributed by atoms with Crippen LogP contribution in [-0.4, -0.2) is 22.2 Å². The number of aromatic hydroxyl groups is 1. The van der Waals surface area contributed by atoms with Crippen molar-refractivity contribution in [1.82, 2.24) is 0 Å². The van der Waals surface area contributed by atoms with Gasteiger partial charge >= 0.3 is 5.97 Å². The van der Waals surface area contributed by atoms with E-state index in [1.165, 1.54) is 0 Å². The first-order valence-corrected chi connectivity index (χ1v) is 9.65. The molecule has 0 spiro atoms. The van der Waals surface area contributed by atoms with Gasteiger partial charge in [-0.25, -0.2) is 0 Å². The lowest BCUT2D eigenvalue weighted by molar-refractivity contribution is -0.138. The summed E-state index contributed by atoms with van der Waals surface area (Å²) in [6, 6.07) is 7.84. The van der Waals surface area contributed by atoms with Gasteiger partial charge in [-0.05, 0) is 104 Å². The molecule has 23 heavy (non-hydrogen) atoms. The van der Waals surface area contributed by atoms with Crippen LogP contribution in [0.15, 0.2) is 30.3 Å². The highest BCUT2D eigenvalue weighted by molar-refractivity contribution is 14.1. The average Bonchev–Trinajstić information content (AvgIpc) is 2.50. The van der Waals surface area contributed by atoms with Crippen molar-refractivity contribution >= 4 is 73.7 Å². The number of hydrogen-bond donors (Lipinski definition) is 3. The second kappa shape index (κ2) is 8.16. The van der Waals surface area contributed by atoms with Crippen molar-refractivity contribution < 1.29 is 19.7 Å². The van der Waals surface area contributed by atoms with E-state index >= 15 is 0 Å². The Bertz CT molecular complexity index is 752. The Labute approximate surface area is 174 Å². The van der Waals surface area contributed by atoms with Crippen LogP contribution < -0.4 is 10.5 Å². The molecule has 0 amide bonds. The predicted molar refractivity (Wildman–Crippen MR) is 112 cm³/mol. The van der Waals surface area contributed by atoms with Crippen molar-refractivity contribution in [3.63, 3.8) is 0 Å². The smallest absolute Gasteiger partial charge is 0.320 e. The SMILES string of the molecule is N[C@H](Cc1ccc(Oc2ccc(O)c(I)c2I)c(I)c1)C(=O)O. The molecule has 1 atom stereocenters. The molecule has 0 aromatic heterocycles. The van der Waals surface area contributed by atoms with Gasteiger partial charge in [0.2, 0.25) is 0 Å². The molecule has 2 aromatic rings. The van der Waals surface area contributed by atoms with Gasteiger partial charge in [-0.3, -0.25) is 4.79 Å². The van der Waals surface area contributed by atoms with Gasteiger partial charge in [0.1, 0.15) is 23.3 Å². The van der Waals surface area contributed by atoms with Crippen LogP contribution in [0.3, 0.4) is 0 Å². The quantitative estimate of drug-likeness (QED) is 0.427. The molecule has 5 nitrogen and oxygen atoms in total. The first-order chi connectivity index (χ1) is 10.8. The van der Waals surface area contributed by atoms with Crippen molar-refractivity contribution in [1.29, 1.82) is 0 Å². The van der Waals surface area contributed by atoms with Crippen LogP contribution in [0.1, 0.15) is 5.56 Å². The maximum Gasteiger partial charge on any atom is 0.320 e. The van der Waals surface area contributed by atoms with E-state index in [0.29, 0.717) is 11.5 Å². The minimum absolute atomic E-state index is 0.218. The van der Waals surface area contributed by atoms with Gasteiger partial charge in [-0.2, -0.15) is 0 Å². The second-order valence-corrected chi connectivity index (χ2v) is 8.05. The number of rotatable bonds is 5. The first kappa shape index (κ1) is 19.0. The lowest BCUT2D eigenvalue weighted by Gasteiger charge is -2.13. The van der Waals surface area contributed by atoms with Gasteiger partial charge in [0, 0.05) is 0 Å². The van der Waals surface area contributed by atoms with Gasteiger partial charge in [0.05, 0.1) is 10.7 Å². The summed E-state index contributed by atoms with van der Waals surface area (Å²) in [5.41, 5.74) is 6.39. The van der Waals surface area contributed by atoms with E-state index in [-0.39, 0.29) is 12.2 Å². The predicted octanol–water partition coefficient (Wildman–Crippen LogP) is 3.95. The largest absolute Gasteiger partial charge is 0.507 e. The Morgan fingerprint density at radius 3 is 2.39 bits per heavy atom. The fourth-order valence-corrected chi connectivity index (χ4v) is 3.52. The van der Waals surface area contributed by atoms with Crippen molar-refractivity contribution in [3.05, 3.63) is 46.6 Å². The fourth-order valence-electron chi connectivity index (χ4n) is 1.81. The second-order valence-electron chi connectivity index (χ2n) is 4.73. The maximum atomic E-state index is 10.8. The summed E-state index contributed by atoms with van der Waals surface area (Å²) >= 11 is 6.32. The monoisotopic (exact) mass is 651 g/mol. The van der Waals surface area contributed by atoms with Crippen LogP contribution in [0.2, 0.25) is 0 Å². The highest BCUT2D eigenvalue weighted by Gasteiger charge is 2.15. The van der Waals surface area contributed by atoms with Gasteiger partial charge in [-0.1, -0.05) is 6.07 Å². The molecule has 2 rings (SSSR count). The van der Waals surface area contributed by atoms with Crippen LogP contribution in [0.25, 0.3) is 0 Å². The van der Waals surface area contributed by atoms with E-state index in [9.17, 15) is 9.90 Å². The molecule has 122 valence electrons. The number of phenols is 1. The van der Waals surface area contributed by atoms with Crippen molar-refractivity contribution in [3.8, 4) is 17.2 Å². The van der Waals surface area contributed by atoms with Gasteiger partial charge < -0.3 is 20.7 Å². The van der Waals surface area contributed by atoms with Crippen molar-refractivity contribution in [2.24, 2.45) is 5.73 Å². The summed E-state index contributed by atoms with van der Waals surface area (Å²) in [5, 5.41) is 18.5. The number of aliphatic carboxylic acids is 1. The van der Waals surface area contributed by atoms with E-state index < -0.39 is 12.0 Å². The van der Waals surface area contributed by atoms with E-state index in [1.54, 1.807) is 24.3 Å². The van der Waals surface area contributed by atoms with E-state index in [2.05, 4.69) is 67.8 Å². The Morgan fingerprint density at radius 2 is 1.78 bits per heavy atom. The number of carboxylic acids is 1. The molecular formula is C15H12I3NO4. The van der Waals surface area contributed by atoms with Gasteiger partial charge in [0.25, 0.3) is 0 Å². The zero-order valence-electron chi connectivity index (χ0n) is 11.6. The number of phenolic OH excluding ortho intramolecular Hbond substituents is 1. The molecule has 0 aliphatic carbocycles. The summed E-state index contributed by atoms with van der Waals surface area (Å²) in [6.45, 7) is 0. The van der Waals surface area contributed by atoms with Crippen LogP contribution >= 0.6 is 67.8 Å².